The van der Waals surface area contributed by atoms with Gasteiger partial charge in [-0.15, -0.1) is 0 Å². The summed E-state index contributed by atoms with van der Waals surface area (Å²) in [6.45, 7) is 0. The van der Waals surface area contributed by atoms with Crippen LogP contribution in [0.3, 0.4) is 0 Å². The number of furan rings is 1. The molecule has 2 aromatic carbocycles. The highest BCUT2D eigenvalue weighted by atomic mass is 32.1. The van der Waals surface area contributed by atoms with Crippen molar-refractivity contribution in [3.05, 3.63) is 83.6 Å². The Kier molecular flexibility index (Phi) is 5.22. The summed E-state index contributed by atoms with van der Waals surface area (Å²) >= 11 is 5.31. The topological polar surface area (TPSA) is 91.1 Å². The number of hydrogen-bond acceptors (Lipinski definition) is 5. The third-order valence-corrected chi connectivity index (χ3v) is 5.25. The van der Waals surface area contributed by atoms with E-state index >= 15 is 0 Å². The third-order valence-electron chi connectivity index (χ3n) is 4.80. The van der Waals surface area contributed by atoms with Crippen molar-refractivity contribution in [1.29, 1.82) is 0 Å². The number of nitrogens with zero attached hydrogens (tertiary/aromatic N) is 2. The van der Waals surface area contributed by atoms with Gasteiger partial charge in [-0.25, -0.2) is 4.79 Å². The van der Waals surface area contributed by atoms with Gasteiger partial charge in [-0.1, -0.05) is 36.4 Å². The van der Waals surface area contributed by atoms with E-state index in [1.54, 1.807) is 54.6 Å². The first-order valence-electron chi connectivity index (χ1n) is 9.24. The molecule has 0 spiro atoms. The van der Waals surface area contributed by atoms with Crippen LogP contribution in [0.2, 0.25) is 0 Å². The van der Waals surface area contributed by atoms with E-state index in [-0.39, 0.29) is 22.0 Å². The Bertz CT molecular complexity index is 1250. The molecule has 8 heteroatoms. The fraction of sp³-hybridized carbons (Fsp3) is 0.0435. The predicted octanol–water partition coefficient (Wildman–Crippen LogP) is 3.82. The SMILES string of the molecule is CN1C(=O)/C(=C\c2ccc(-c3ccccc3C(=O)O)o2)C(=O)N(c2ccccc2)C1=S. The van der Waals surface area contributed by atoms with Crippen LogP contribution in [0.25, 0.3) is 17.4 Å². The second-order valence-electron chi connectivity index (χ2n) is 6.73. The van der Waals surface area contributed by atoms with Gasteiger partial charge in [-0.05, 0) is 48.6 Å². The number of carboxylic acid groups (broad SMARTS) is 1. The number of benzene rings is 2. The molecule has 0 saturated carbocycles. The van der Waals surface area contributed by atoms with Crippen LogP contribution in [-0.4, -0.2) is 40.0 Å². The molecule has 1 aliphatic heterocycles. The lowest BCUT2D eigenvalue weighted by atomic mass is 10.1. The Morgan fingerprint density at radius 2 is 1.65 bits per heavy atom. The van der Waals surface area contributed by atoms with Crippen LogP contribution in [0.15, 0.2) is 76.7 Å². The average Bonchev–Trinajstić information content (AvgIpc) is 3.25. The van der Waals surface area contributed by atoms with Crippen LogP contribution in [0.4, 0.5) is 5.69 Å². The summed E-state index contributed by atoms with van der Waals surface area (Å²) in [7, 11) is 1.50. The number of carboxylic acids is 1. The van der Waals surface area contributed by atoms with E-state index in [1.807, 2.05) is 6.07 Å². The molecule has 4 rings (SSSR count). The van der Waals surface area contributed by atoms with Crippen molar-refractivity contribution in [2.45, 2.75) is 0 Å². The van der Waals surface area contributed by atoms with Crippen molar-refractivity contribution in [3.8, 4) is 11.3 Å². The van der Waals surface area contributed by atoms with Crippen LogP contribution in [0.5, 0.6) is 0 Å². The summed E-state index contributed by atoms with van der Waals surface area (Å²) in [6, 6.07) is 18.4. The van der Waals surface area contributed by atoms with Crippen molar-refractivity contribution in [1.82, 2.24) is 4.90 Å². The summed E-state index contributed by atoms with van der Waals surface area (Å²) in [5, 5.41) is 9.47. The second kappa shape index (κ2) is 8.00. The van der Waals surface area contributed by atoms with E-state index in [1.165, 1.54) is 29.0 Å². The number of para-hydroxylation sites is 1. The molecule has 1 saturated heterocycles. The third kappa shape index (κ3) is 3.64. The Labute approximate surface area is 182 Å². The van der Waals surface area contributed by atoms with Gasteiger partial charge in [0.1, 0.15) is 17.1 Å². The monoisotopic (exact) mass is 432 g/mol. The van der Waals surface area contributed by atoms with Crippen LogP contribution < -0.4 is 4.90 Å². The van der Waals surface area contributed by atoms with Gasteiger partial charge in [0.15, 0.2) is 5.11 Å². The lowest BCUT2D eigenvalue weighted by Crippen LogP contribution is -2.54. The molecule has 2 heterocycles. The van der Waals surface area contributed by atoms with E-state index < -0.39 is 17.8 Å². The van der Waals surface area contributed by atoms with E-state index in [2.05, 4.69) is 0 Å². The van der Waals surface area contributed by atoms with E-state index in [0.29, 0.717) is 17.0 Å². The van der Waals surface area contributed by atoms with Gasteiger partial charge in [0.2, 0.25) is 0 Å². The molecule has 1 aliphatic rings. The first-order chi connectivity index (χ1) is 14.9. The molecule has 1 fully saturated rings. The highest BCUT2D eigenvalue weighted by Gasteiger charge is 2.38. The zero-order chi connectivity index (χ0) is 22.1. The summed E-state index contributed by atoms with van der Waals surface area (Å²) < 4.78 is 5.75. The average molecular weight is 432 g/mol. The van der Waals surface area contributed by atoms with Gasteiger partial charge in [-0.2, -0.15) is 0 Å². The maximum atomic E-state index is 13.1. The molecule has 0 unspecified atom stereocenters. The number of aromatic carboxylic acids is 1. The largest absolute Gasteiger partial charge is 0.478 e. The molecule has 0 aliphatic carbocycles. The van der Waals surface area contributed by atoms with Crippen LogP contribution in [0.1, 0.15) is 16.1 Å². The number of thiocarbonyl (C=S) groups is 1. The molecule has 0 bridgehead atoms. The predicted molar refractivity (Wildman–Crippen MR) is 118 cm³/mol. The van der Waals surface area contributed by atoms with Gasteiger partial charge in [0.25, 0.3) is 11.8 Å². The maximum Gasteiger partial charge on any atom is 0.336 e. The molecule has 0 atom stereocenters. The maximum absolute atomic E-state index is 13.1. The summed E-state index contributed by atoms with van der Waals surface area (Å²) in [4.78, 5) is 39.9. The number of hydrogen-bond donors (Lipinski definition) is 1. The number of amides is 2. The van der Waals surface area contributed by atoms with Crippen molar-refractivity contribution in [2.75, 3.05) is 11.9 Å². The molecule has 1 N–H and O–H groups in total. The molecule has 7 nitrogen and oxygen atoms in total. The van der Waals surface area contributed by atoms with Gasteiger partial charge in [0, 0.05) is 12.6 Å². The van der Waals surface area contributed by atoms with Crippen LogP contribution >= 0.6 is 12.2 Å². The number of likely N-dealkylation sites (N-methyl/N-ethyl adjacent to an activating group) is 1. The van der Waals surface area contributed by atoms with Crippen molar-refractivity contribution < 1.29 is 23.9 Å². The lowest BCUT2D eigenvalue weighted by Gasteiger charge is -2.34. The normalized spacial score (nSPS) is 15.6. The summed E-state index contributed by atoms with van der Waals surface area (Å²) in [5.74, 6) is -1.65. The molecule has 0 radical (unpaired) electrons. The highest BCUT2D eigenvalue weighted by molar-refractivity contribution is 7.80. The Balaban J connectivity index is 1.73. The smallest absolute Gasteiger partial charge is 0.336 e. The second-order valence-corrected chi connectivity index (χ2v) is 7.10. The number of carbonyl (C=O) groups excluding carboxylic acids is 2. The van der Waals surface area contributed by atoms with Crippen molar-refractivity contribution in [3.63, 3.8) is 0 Å². The fourth-order valence-corrected chi connectivity index (χ4v) is 3.52. The molecule has 31 heavy (non-hydrogen) atoms. The standard InChI is InChI=1S/C23H16N2O5S/c1-24-20(26)18(21(27)25(23(24)31)14-7-3-2-4-8-14)13-15-11-12-19(30-15)16-9-5-6-10-17(16)22(28)29/h2-13H,1H3,(H,28,29)/b18-13+. The molecular weight excluding hydrogens is 416 g/mol. The highest BCUT2D eigenvalue weighted by Crippen LogP contribution is 2.29. The number of carbonyl (C=O) groups is 3. The van der Waals surface area contributed by atoms with Gasteiger partial charge in [0.05, 0.1) is 11.3 Å². The van der Waals surface area contributed by atoms with Gasteiger partial charge in [-0.3, -0.25) is 19.4 Å². The molecule has 1 aromatic heterocycles. The van der Waals surface area contributed by atoms with Gasteiger partial charge < -0.3 is 9.52 Å². The molecule has 3 aromatic rings. The Morgan fingerprint density at radius 1 is 0.968 bits per heavy atom. The number of rotatable bonds is 4. The number of anilines is 1. The van der Waals surface area contributed by atoms with Crippen LogP contribution in [-0.2, 0) is 9.59 Å². The Morgan fingerprint density at radius 3 is 2.35 bits per heavy atom. The molecular formula is C23H16N2O5S. The first-order valence-corrected chi connectivity index (χ1v) is 9.65. The minimum absolute atomic E-state index is 0.0777. The van der Waals surface area contributed by atoms with E-state index in [0.717, 1.165) is 0 Å². The lowest BCUT2D eigenvalue weighted by molar-refractivity contribution is -0.127. The van der Waals surface area contributed by atoms with Gasteiger partial charge >= 0.3 is 5.97 Å². The van der Waals surface area contributed by atoms with E-state index in [4.69, 9.17) is 16.6 Å². The Hall–Kier alpha value is -4.04. The first kappa shape index (κ1) is 20.2. The zero-order valence-corrected chi connectivity index (χ0v) is 17.1. The fourth-order valence-electron chi connectivity index (χ4n) is 3.25. The van der Waals surface area contributed by atoms with Crippen molar-refractivity contribution in [2.24, 2.45) is 0 Å². The summed E-state index contributed by atoms with van der Waals surface area (Å²) in [5.41, 5.74) is 0.900. The molecule has 154 valence electrons. The summed E-state index contributed by atoms with van der Waals surface area (Å²) in [6.07, 6.45) is 1.34. The zero-order valence-electron chi connectivity index (χ0n) is 16.3. The quantitative estimate of drug-likeness (QED) is 0.383. The minimum atomic E-state index is -1.09. The minimum Gasteiger partial charge on any atom is -0.478 e. The van der Waals surface area contributed by atoms with E-state index in [9.17, 15) is 19.5 Å². The van der Waals surface area contributed by atoms with Crippen LogP contribution in [0, 0.1) is 0 Å². The molecule has 2 amide bonds. The van der Waals surface area contributed by atoms with Crippen molar-refractivity contribution >= 4 is 46.9 Å².